The van der Waals surface area contributed by atoms with Crippen molar-refractivity contribution in [3.63, 3.8) is 0 Å². The number of nitrogens with zero attached hydrogens (tertiary/aromatic N) is 2. The van der Waals surface area contributed by atoms with Gasteiger partial charge in [-0.15, -0.1) is 0 Å². The van der Waals surface area contributed by atoms with E-state index in [-0.39, 0.29) is 0 Å². The molecule has 1 atom stereocenters. The van der Waals surface area contributed by atoms with E-state index in [1.165, 1.54) is 0 Å². The van der Waals surface area contributed by atoms with Gasteiger partial charge in [0.05, 0.1) is 6.20 Å². The van der Waals surface area contributed by atoms with Crippen LogP contribution < -0.4 is 4.73 Å². The molecule has 1 heterocycles. The van der Waals surface area contributed by atoms with Gasteiger partial charge >= 0.3 is 0 Å². The van der Waals surface area contributed by atoms with Crippen molar-refractivity contribution in [2.75, 3.05) is 0 Å². The Morgan fingerprint density at radius 1 is 1.67 bits per heavy atom. The zero-order chi connectivity index (χ0) is 9.14. The monoisotopic (exact) mass is 166 g/mol. The Morgan fingerprint density at radius 2 is 2.33 bits per heavy atom. The van der Waals surface area contributed by atoms with Crippen molar-refractivity contribution in [2.24, 2.45) is 0 Å². The Morgan fingerprint density at radius 3 is 2.83 bits per heavy atom. The lowest BCUT2D eigenvalue weighted by Gasteiger charge is -2.07. The van der Waals surface area contributed by atoms with Gasteiger partial charge in [0.25, 0.3) is 0 Å². The minimum atomic E-state index is 0.366. The molecule has 1 rings (SSSR count). The van der Waals surface area contributed by atoms with Crippen LogP contribution >= 0.6 is 0 Å². The Kier molecular flexibility index (Phi) is 2.63. The summed E-state index contributed by atoms with van der Waals surface area (Å²) >= 11 is 0. The summed E-state index contributed by atoms with van der Waals surface area (Å²) in [6.45, 7) is 5.90. The molecule has 0 spiro atoms. The smallest absolute Gasteiger partial charge is 0.207 e. The Bertz CT molecular complexity index is 273. The predicted octanol–water partition coefficient (Wildman–Crippen LogP) is 1.54. The molecule has 0 radical (unpaired) electrons. The molecular formula is C9H14N2O. The number of aryl methyl sites for hydroxylation is 1. The molecule has 0 amide bonds. The summed E-state index contributed by atoms with van der Waals surface area (Å²) in [5, 5.41) is 11.1. The summed E-state index contributed by atoms with van der Waals surface area (Å²) in [6.07, 6.45) is 4.19. The number of hydrogen-bond acceptors (Lipinski definition) is 2. The van der Waals surface area contributed by atoms with Crippen LogP contribution in [0.25, 0.3) is 0 Å². The maximum Gasteiger partial charge on any atom is 0.207 e. The van der Waals surface area contributed by atoms with Gasteiger partial charge in [-0.2, -0.15) is 4.73 Å². The molecular weight excluding hydrogens is 152 g/mol. The molecule has 0 fully saturated rings. The van der Waals surface area contributed by atoms with Gasteiger partial charge in [-0.05, 0) is 6.42 Å². The van der Waals surface area contributed by atoms with Crippen molar-refractivity contribution in [1.29, 1.82) is 0 Å². The first-order valence-corrected chi connectivity index (χ1v) is 4.20. The van der Waals surface area contributed by atoms with Crippen LogP contribution in [0, 0.1) is 12.1 Å². The number of hydrogen-bond donors (Lipinski definition) is 0. The van der Waals surface area contributed by atoms with Crippen LogP contribution in [-0.2, 0) is 0 Å². The maximum absolute atomic E-state index is 11.1. The largest absolute Gasteiger partial charge is 0.618 e. The van der Waals surface area contributed by atoms with E-state index >= 15 is 0 Å². The molecule has 0 aliphatic heterocycles. The van der Waals surface area contributed by atoms with Crippen LogP contribution in [0.1, 0.15) is 37.6 Å². The molecule has 3 nitrogen and oxygen atoms in total. The SMILES string of the molecule is CC[C@H](C)c1c[n+]([O-])c(C)cn1. The van der Waals surface area contributed by atoms with E-state index < -0.39 is 0 Å². The average Bonchev–Trinajstić information content (AvgIpc) is 2.08. The Balaban J connectivity index is 2.96. The number of aromatic nitrogens is 2. The minimum absolute atomic E-state index is 0.366. The highest BCUT2D eigenvalue weighted by molar-refractivity contribution is 5.00. The molecule has 0 aromatic carbocycles. The van der Waals surface area contributed by atoms with Gasteiger partial charge in [0.1, 0.15) is 5.69 Å². The van der Waals surface area contributed by atoms with Crippen LogP contribution in [0.4, 0.5) is 0 Å². The van der Waals surface area contributed by atoms with E-state index in [4.69, 9.17) is 0 Å². The second-order valence-electron chi connectivity index (χ2n) is 3.09. The lowest BCUT2D eigenvalue weighted by Crippen LogP contribution is -2.30. The van der Waals surface area contributed by atoms with Crippen molar-refractivity contribution in [1.82, 2.24) is 4.98 Å². The van der Waals surface area contributed by atoms with Gasteiger partial charge in [0.15, 0.2) is 0 Å². The first-order valence-electron chi connectivity index (χ1n) is 4.20. The zero-order valence-electron chi connectivity index (χ0n) is 7.74. The topological polar surface area (TPSA) is 39.8 Å². The molecule has 0 saturated heterocycles. The number of rotatable bonds is 2. The lowest BCUT2D eigenvalue weighted by atomic mass is 10.1. The molecule has 3 heteroatoms. The van der Waals surface area contributed by atoms with Crippen LogP contribution in [0.3, 0.4) is 0 Å². The summed E-state index contributed by atoms with van der Waals surface area (Å²) in [6, 6.07) is 0. The summed E-state index contributed by atoms with van der Waals surface area (Å²) < 4.78 is 0.870. The third-order valence-corrected chi connectivity index (χ3v) is 2.11. The third kappa shape index (κ3) is 1.72. The molecule has 0 saturated carbocycles. The van der Waals surface area contributed by atoms with Crippen LogP contribution in [-0.4, -0.2) is 4.98 Å². The molecule has 0 aliphatic carbocycles. The van der Waals surface area contributed by atoms with Crippen molar-refractivity contribution in [3.05, 3.63) is 29.0 Å². The van der Waals surface area contributed by atoms with Crippen molar-refractivity contribution < 1.29 is 4.73 Å². The van der Waals surface area contributed by atoms with Gasteiger partial charge in [0.2, 0.25) is 11.9 Å². The molecule has 0 N–H and O–H groups in total. The van der Waals surface area contributed by atoms with Crippen molar-refractivity contribution in [2.45, 2.75) is 33.1 Å². The first kappa shape index (κ1) is 8.97. The highest BCUT2D eigenvalue weighted by Crippen LogP contribution is 2.13. The van der Waals surface area contributed by atoms with Gasteiger partial charge in [0, 0.05) is 12.8 Å². The van der Waals surface area contributed by atoms with E-state index in [9.17, 15) is 5.21 Å². The van der Waals surface area contributed by atoms with Gasteiger partial charge in [-0.1, -0.05) is 13.8 Å². The standard InChI is InChI=1S/C9H14N2O/c1-4-7(2)9-6-11(12)8(3)5-10-9/h5-7H,4H2,1-3H3/t7-/m0/s1. The summed E-state index contributed by atoms with van der Waals surface area (Å²) in [7, 11) is 0. The summed E-state index contributed by atoms with van der Waals surface area (Å²) in [5.41, 5.74) is 1.51. The molecule has 1 aromatic heterocycles. The average molecular weight is 166 g/mol. The first-order chi connectivity index (χ1) is 5.65. The summed E-state index contributed by atoms with van der Waals surface area (Å²) in [5.74, 6) is 0.366. The van der Waals surface area contributed by atoms with Crippen LogP contribution in [0.15, 0.2) is 12.4 Å². The summed E-state index contributed by atoms with van der Waals surface area (Å²) in [4.78, 5) is 4.19. The molecule has 66 valence electrons. The van der Waals surface area contributed by atoms with Crippen molar-refractivity contribution in [3.8, 4) is 0 Å². The van der Waals surface area contributed by atoms with E-state index in [2.05, 4.69) is 18.8 Å². The highest BCUT2D eigenvalue weighted by atomic mass is 16.5. The normalized spacial score (nSPS) is 12.9. The second kappa shape index (κ2) is 3.52. The fraction of sp³-hybridized carbons (Fsp3) is 0.556. The second-order valence-corrected chi connectivity index (χ2v) is 3.09. The molecule has 0 unspecified atom stereocenters. The Labute approximate surface area is 72.7 Å². The van der Waals surface area contributed by atoms with Crippen LogP contribution in [0.2, 0.25) is 0 Å². The van der Waals surface area contributed by atoms with Gasteiger partial charge in [-0.3, -0.25) is 0 Å². The predicted molar refractivity (Wildman–Crippen MR) is 46.6 cm³/mol. The van der Waals surface area contributed by atoms with E-state index in [0.717, 1.165) is 16.8 Å². The fourth-order valence-electron chi connectivity index (χ4n) is 0.944. The molecule has 0 bridgehead atoms. The van der Waals surface area contributed by atoms with Crippen LogP contribution in [0.5, 0.6) is 0 Å². The molecule has 0 aliphatic rings. The van der Waals surface area contributed by atoms with E-state index in [1.54, 1.807) is 19.3 Å². The fourth-order valence-corrected chi connectivity index (χ4v) is 0.944. The maximum atomic E-state index is 11.1. The van der Waals surface area contributed by atoms with Gasteiger partial charge < -0.3 is 5.21 Å². The lowest BCUT2D eigenvalue weighted by molar-refractivity contribution is -0.613. The van der Waals surface area contributed by atoms with E-state index in [0.29, 0.717) is 11.6 Å². The van der Waals surface area contributed by atoms with Gasteiger partial charge in [-0.25, -0.2) is 4.98 Å². The molecule has 1 aromatic rings. The third-order valence-electron chi connectivity index (χ3n) is 2.11. The van der Waals surface area contributed by atoms with E-state index in [1.807, 2.05) is 0 Å². The zero-order valence-corrected chi connectivity index (χ0v) is 7.74. The van der Waals surface area contributed by atoms with Crippen molar-refractivity contribution >= 4 is 0 Å². The molecule has 12 heavy (non-hydrogen) atoms. The highest BCUT2D eigenvalue weighted by Gasteiger charge is 2.08. The minimum Gasteiger partial charge on any atom is -0.618 e. The Hall–Kier alpha value is -1.12. The quantitative estimate of drug-likeness (QED) is 0.494.